The van der Waals surface area contributed by atoms with E-state index in [0.717, 1.165) is 16.9 Å². The van der Waals surface area contributed by atoms with Crippen LogP contribution in [0.1, 0.15) is 48.8 Å². The second kappa shape index (κ2) is 4.04. The summed E-state index contributed by atoms with van der Waals surface area (Å²) < 4.78 is 6.01. The highest BCUT2D eigenvalue weighted by Crippen LogP contribution is 2.42. The first-order chi connectivity index (χ1) is 8.47. The first-order valence-electron chi connectivity index (χ1n) is 6.40. The highest BCUT2D eigenvalue weighted by atomic mass is 32.1. The smallest absolute Gasteiger partial charge is 0.177 e. The van der Waals surface area contributed by atoms with Crippen LogP contribution in [0.4, 0.5) is 0 Å². The Morgan fingerprint density at radius 2 is 2.17 bits per heavy atom. The zero-order valence-corrected chi connectivity index (χ0v) is 11.9. The second-order valence-corrected chi connectivity index (χ2v) is 7.13. The molecule has 2 heterocycles. The summed E-state index contributed by atoms with van der Waals surface area (Å²) in [6, 6.07) is 2.06. The van der Waals surface area contributed by atoms with Gasteiger partial charge in [0.25, 0.3) is 0 Å². The van der Waals surface area contributed by atoms with Crippen LogP contribution in [0.2, 0.25) is 0 Å². The average Bonchev–Trinajstić information content (AvgIpc) is 2.77. The van der Waals surface area contributed by atoms with E-state index >= 15 is 0 Å². The summed E-state index contributed by atoms with van der Waals surface area (Å²) in [5.41, 5.74) is 3.83. The van der Waals surface area contributed by atoms with Gasteiger partial charge in [-0.05, 0) is 28.9 Å². The van der Waals surface area contributed by atoms with Gasteiger partial charge in [0.15, 0.2) is 5.78 Å². The van der Waals surface area contributed by atoms with Crippen molar-refractivity contribution in [1.82, 2.24) is 0 Å². The molecule has 0 fully saturated rings. The minimum Gasteiger partial charge on any atom is -0.373 e. The fourth-order valence-corrected chi connectivity index (χ4v) is 3.59. The molecule has 1 aromatic rings. The predicted molar refractivity (Wildman–Crippen MR) is 74.0 cm³/mol. The second-order valence-electron chi connectivity index (χ2n) is 6.22. The van der Waals surface area contributed by atoms with Crippen LogP contribution in [0.15, 0.2) is 17.0 Å². The van der Waals surface area contributed by atoms with Gasteiger partial charge in [-0.3, -0.25) is 4.79 Å². The summed E-state index contributed by atoms with van der Waals surface area (Å²) in [6.45, 7) is 7.26. The highest BCUT2D eigenvalue weighted by molar-refractivity contribution is 7.12. The van der Waals surface area contributed by atoms with Gasteiger partial charge < -0.3 is 4.74 Å². The summed E-state index contributed by atoms with van der Waals surface area (Å²) in [5.74, 6) is 0.285. The number of thiophene rings is 1. The molecule has 1 unspecified atom stereocenters. The number of carbonyl (C=O) groups excluding carboxylic acids is 1. The third kappa shape index (κ3) is 1.86. The molecule has 96 valence electrons. The van der Waals surface area contributed by atoms with Crippen LogP contribution < -0.4 is 0 Å². The van der Waals surface area contributed by atoms with E-state index in [2.05, 4.69) is 26.8 Å². The highest BCUT2D eigenvalue weighted by Gasteiger charge is 2.35. The molecule has 0 saturated carbocycles. The van der Waals surface area contributed by atoms with Crippen molar-refractivity contribution in [3.8, 4) is 0 Å². The van der Waals surface area contributed by atoms with Gasteiger partial charge in [0.05, 0.1) is 17.6 Å². The minimum absolute atomic E-state index is 0.135. The molecule has 1 aliphatic carbocycles. The molecule has 0 amide bonds. The molecule has 3 rings (SSSR count). The standard InChI is InChI=1S/C15H18O2S/c1-15(2,3)13-7-9-6-12(16)14-10(4-5-18-14)11(9)8-17-13/h4-5,13H,6-8H2,1-3H3. The molecular formula is C15H18O2S. The lowest BCUT2D eigenvalue weighted by atomic mass is 9.79. The van der Waals surface area contributed by atoms with Gasteiger partial charge in [0.1, 0.15) is 0 Å². The third-order valence-electron chi connectivity index (χ3n) is 3.87. The number of hydrogen-bond acceptors (Lipinski definition) is 3. The molecule has 0 N–H and O–H groups in total. The molecule has 18 heavy (non-hydrogen) atoms. The lowest BCUT2D eigenvalue weighted by Gasteiger charge is -2.37. The molecule has 1 aromatic heterocycles. The summed E-state index contributed by atoms with van der Waals surface area (Å²) in [4.78, 5) is 13.0. The minimum atomic E-state index is 0.135. The van der Waals surface area contributed by atoms with Crippen molar-refractivity contribution >= 4 is 22.7 Å². The van der Waals surface area contributed by atoms with Crippen LogP contribution in [0.25, 0.3) is 5.57 Å². The van der Waals surface area contributed by atoms with Gasteiger partial charge in [-0.2, -0.15) is 0 Å². The lowest BCUT2D eigenvalue weighted by molar-refractivity contribution is -0.00745. The van der Waals surface area contributed by atoms with E-state index in [9.17, 15) is 4.79 Å². The zero-order valence-electron chi connectivity index (χ0n) is 11.1. The summed E-state index contributed by atoms with van der Waals surface area (Å²) in [7, 11) is 0. The van der Waals surface area contributed by atoms with Gasteiger partial charge >= 0.3 is 0 Å². The molecule has 3 heteroatoms. The summed E-state index contributed by atoms with van der Waals surface area (Å²) in [5, 5.41) is 2.01. The largest absolute Gasteiger partial charge is 0.373 e. The van der Waals surface area contributed by atoms with Crippen LogP contribution in [-0.2, 0) is 4.74 Å². The van der Waals surface area contributed by atoms with Crippen molar-refractivity contribution in [2.45, 2.75) is 39.7 Å². The lowest BCUT2D eigenvalue weighted by Crippen LogP contribution is -2.34. The van der Waals surface area contributed by atoms with Crippen LogP contribution in [0, 0.1) is 5.41 Å². The number of Topliss-reactive ketones (excluding diaryl/α,β-unsaturated/α-hetero) is 1. The number of ether oxygens (including phenoxy) is 1. The number of rotatable bonds is 0. The van der Waals surface area contributed by atoms with Crippen LogP contribution in [0.5, 0.6) is 0 Å². The Balaban J connectivity index is 1.98. The van der Waals surface area contributed by atoms with Crippen molar-refractivity contribution in [2.24, 2.45) is 5.41 Å². The predicted octanol–water partition coefficient (Wildman–Crippen LogP) is 3.92. The molecule has 0 bridgehead atoms. The topological polar surface area (TPSA) is 26.3 Å². The molecule has 2 nitrogen and oxygen atoms in total. The molecular weight excluding hydrogens is 244 g/mol. The Morgan fingerprint density at radius 3 is 2.89 bits per heavy atom. The Labute approximate surface area is 112 Å². The van der Waals surface area contributed by atoms with Crippen LogP contribution in [0.3, 0.4) is 0 Å². The van der Waals surface area contributed by atoms with E-state index < -0.39 is 0 Å². The van der Waals surface area contributed by atoms with Crippen LogP contribution in [-0.4, -0.2) is 18.5 Å². The molecule has 1 aliphatic heterocycles. The van der Waals surface area contributed by atoms with Crippen molar-refractivity contribution in [3.63, 3.8) is 0 Å². The molecule has 0 spiro atoms. The van der Waals surface area contributed by atoms with Gasteiger partial charge in [-0.25, -0.2) is 0 Å². The van der Waals surface area contributed by atoms with Crippen molar-refractivity contribution in [1.29, 1.82) is 0 Å². The quantitative estimate of drug-likeness (QED) is 0.708. The first-order valence-corrected chi connectivity index (χ1v) is 7.28. The third-order valence-corrected chi connectivity index (χ3v) is 4.83. The Hall–Kier alpha value is -0.930. The zero-order chi connectivity index (χ0) is 12.9. The Kier molecular flexibility index (Phi) is 2.72. The van der Waals surface area contributed by atoms with Crippen molar-refractivity contribution in [3.05, 3.63) is 27.5 Å². The monoisotopic (exact) mass is 262 g/mol. The maximum atomic E-state index is 12.1. The maximum Gasteiger partial charge on any atom is 0.177 e. The molecule has 0 radical (unpaired) electrons. The Bertz CT molecular complexity index is 531. The average molecular weight is 262 g/mol. The van der Waals surface area contributed by atoms with Crippen molar-refractivity contribution in [2.75, 3.05) is 6.61 Å². The van der Waals surface area contributed by atoms with E-state index in [0.29, 0.717) is 13.0 Å². The summed E-state index contributed by atoms with van der Waals surface area (Å²) in [6.07, 6.45) is 1.72. The van der Waals surface area contributed by atoms with Gasteiger partial charge in [0, 0.05) is 12.0 Å². The molecule has 0 aromatic carbocycles. The van der Waals surface area contributed by atoms with E-state index in [4.69, 9.17) is 4.74 Å². The fraction of sp³-hybridized carbons (Fsp3) is 0.533. The SMILES string of the molecule is CC(C)(C)C1CC2=C(CO1)c1ccsc1C(=O)C2. The molecule has 2 aliphatic rings. The number of ketones is 1. The number of carbonyl (C=O) groups is 1. The number of hydrogen-bond donors (Lipinski definition) is 0. The van der Waals surface area contributed by atoms with Gasteiger partial charge in [-0.1, -0.05) is 26.3 Å². The number of fused-ring (bicyclic) bond motifs is 2. The Morgan fingerprint density at radius 1 is 1.39 bits per heavy atom. The van der Waals surface area contributed by atoms with Gasteiger partial charge in [0.2, 0.25) is 0 Å². The normalized spacial score (nSPS) is 23.9. The molecule has 0 saturated heterocycles. The molecule has 1 atom stereocenters. The van der Waals surface area contributed by atoms with E-state index in [1.807, 2.05) is 5.38 Å². The fourth-order valence-electron chi connectivity index (χ4n) is 2.73. The first kappa shape index (κ1) is 12.1. The van der Waals surface area contributed by atoms with Gasteiger partial charge in [-0.15, -0.1) is 11.3 Å². The summed E-state index contributed by atoms with van der Waals surface area (Å²) >= 11 is 1.56. The van der Waals surface area contributed by atoms with E-state index in [1.54, 1.807) is 11.3 Å². The van der Waals surface area contributed by atoms with E-state index in [-0.39, 0.29) is 17.3 Å². The van der Waals surface area contributed by atoms with Crippen LogP contribution >= 0.6 is 11.3 Å². The maximum absolute atomic E-state index is 12.1. The van der Waals surface area contributed by atoms with E-state index in [1.165, 1.54) is 11.1 Å². The van der Waals surface area contributed by atoms with Crippen molar-refractivity contribution < 1.29 is 9.53 Å².